The minimum Gasteiger partial charge on any atom is -0.481 e. The van der Waals surface area contributed by atoms with Gasteiger partial charge in [-0.15, -0.1) is 0 Å². The summed E-state index contributed by atoms with van der Waals surface area (Å²) in [6, 6.07) is 7.00. The van der Waals surface area contributed by atoms with Crippen LogP contribution in [-0.2, 0) is 26.2 Å². The first kappa shape index (κ1) is 19.9. The summed E-state index contributed by atoms with van der Waals surface area (Å²) in [5, 5.41) is 8.78. The van der Waals surface area contributed by atoms with Crippen LogP contribution in [0.2, 0.25) is 0 Å². The van der Waals surface area contributed by atoms with E-state index < -0.39 is 18.4 Å². The highest BCUT2D eigenvalue weighted by molar-refractivity contribution is 5.90. The molecule has 1 N–H and O–H groups in total. The molecule has 3 atom stereocenters. The normalized spacial score (nSPS) is 29.7. The smallest absolute Gasteiger partial charge is 0.317 e. The molecule has 4 heteroatoms. The van der Waals surface area contributed by atoms with Gasteiger partial charge in [0.15, 0.2) is 0 Å². The van der Waals surface area contributed by atoms with Crippen molar-refractivity contribution in [1.82, 2.24) is 0 Å². The predicted octanol–water partition coefficient (Wildman–Crippen LogP) is 4.84. The van der Waals surface area contributed by atoms with Crippen molar-refractivity contribution >= 4 is 11.9 Å². The summed E-state index contributed by atoms with van der Waals surface area (Å²) in [6.07, 6.45) is 4.88. The molecule has 0 aliphatic heterocycles. The molecule has 0 aromatic heterocycles. The molecule has 0 heterocycles. The van der Waals surface area contributed by atoms with Gasteiger partial charge in [-0.2, -0.15) is 0 Å². The van der Waals surface area contributed by atoms with Gasteiger partial charge in [0.1, 0.15) is 6.42 Å². The number of fused-ring (bicyclic) bond motifs is 3. The van der Waals surface area contributed by atoms with Crippen LogP contribution in [0.4, 0.5) is 0 Å². The van der Waals surface area contributed by atoms with Crippen LogP contribution in [-0.4, -0.2) is 23.7 Å². The molecule has 0 amide bonds. The van der Waals surface area contributed by atoms with Gasteiger partial charge in [0.25, 0.3) is 0 Å². The van der Waals surface area contributed by atoms with Crippen molar-refractivity contribution in [3.05, 3.63) is 34.9 Å². The van der Waals surface area contributed by atoms with Gasteiger partial charge in [0, 0.05) is 5.41 Å². The SMILES string of the molecule is CC(C)c1ccc2c(c1)CCC1C(C)(COC(=O)CC(=O)O)CCCC21C. The maximum Gasteiger partial charge on any atom is 0.317 e. The number of carboxylic acids is 1. The summed E-state index contributed by atoms with van der Waals surface area (Å²) in [6.45, 7) is 9.38. The third-order valence-corrected chi connectivity index (χ3v) is 7.03. The van der Waals surface area contributed by atoms with Crippen molar-refractivity contribution in [1.29, 1.82) is 0 Å². The van der Waals surface area contributed by atoms with Crippen molar-refractivity contribution in [2.75, 3.05) is 6.61 Å². The zero-order valence-corrected chi connectivity index (χ0v) is 17.0. The summed E-state index contributed by atoms with van der Waals surface area (Å²) in [5.74, 6) is -0.792. The highest BCUT2D eigenvalue weighted by Gasteiger charge is 2.52. The van der Waals surface area contributed by atoms with Gasteiger partial charge in [0.05, 0.1) is 6.61 Å². The standard InChI is InChI=1S/C23H32O4/c1-15(2)16-6-8-18-17(12-16)7-9-19-22(3,10-5-11-23(18,19)4)14-27-21(26)13-20(24)25/h6,8,12,15,19H,5,7,9-11,13-14H2,1-4H3,(H,24,25). The lowest BCUT2D eigenvalue weighted by Gasteiger charge is -2.55. The molecule has 0 radical (unpaired) electrons. The second-order valence-corrected chi connectivity index (χ2v) is 9.32. The van der Waals surface area contributed by atoms with E-state index in [-0.39, 0.29) is 10.8 Å². The van der Waals surface area contributed by atoms with E-state index in [0.29, 0.717) is 18.4 Å². The predicted molar refractivity (Wildman–Crippen MR) is 105 cm³/mol. The summed E-state index contributed by atoms with van der Waals surface area (Å²) >= 11 is 0. The van der Waals surface area contributed by atoms with E-state index in [1.807, 2.05) is 0 Å². The van der Waals surface area contributed by atoms with Gasteiger partial charge in [-0.05, 0) is 59.6 Å². The number of rotatable bonds is 5. The molecule has 1 aromatic rings. The molecule has 0 spiro atoms. The second-order valence-electron chi connectivity index (χ2n) is 9.32. The number of carboxylic acid groups (broad SMARTS) is 1. The van der Waals surface area contributed by atoms with Crippen LogP contribution in [0.3, 0.4) is 0 Å². The average Bonchev–Trinajstić information content (AvgIpc) is 2.59. The number of aliphatic carboxylic acids is 1. The fourth-order valence-corrected chi connectivity index (χ4v) is 5.60. The van der Waals surface area contributed by atoms with Gasteiger partial charge in [-0.25, -0.2) is 0 Å². The van der Waals surface area contributed by atoms with E-state index in [1.165, 1.54) is 16.7 Å². The third-order valence-electron chi connectivity index (χ3n) is 7.03. The van der Waals surface area contributed by atoms with Crippen LogP contribution in [0, 0.1) is 11.3 Å². The van der Waals surface area contributed by atoms with Gasteiger partial charge >= 0.3 is 11.9 Å². The van der Waals surface area contributed by atoms with E-state index >= 15 is 0 Å². The lowest BCUT2D eigenvalue weighted by Crippen LogP contribution is -2.51. The van der Waals surface area contributed by atoms with Crippen LogP contribution < -0.4 is 0 Å². The number of carbonyl (C=O) groups excluding carboxylic acids is 1. The van der Waals surface area contributed by atoms with E-state index in [1.54, 1.807) is 0 Å². The van der Waals surface area contributed by atoms with Gasteiger partial charge in [0.2, 0.25) is 0 Å². The maximum absolute atomic E-state index is 11.8. The Morgan fingerprint density at radius 1 is 1.26 bits per heavy atom. The minimum atomic E-state index is -1.13. The van der Waals surface area contributed by atoms with Gasteiger partial charge < -0.3 is 9.84 Å². The zero-order chi connectivity index (χ0) is 19.8. The molecule has 0 bridgehead atoms. The number of esters is 1. The van der Waals surface area contributed by atoms with Crippen LogP contribution in [0.25, 0.3) is 0 Å². The van der Waals surface area contributed by atoms with Crippen LogP contribution in [0.15, 0.2) is 18.2 Å². The first-order chi connectivity index (χ1) is 12.7. The Hall–Kier alpha value is -1.84. The number of ether oxygens (including phenoxy) is 1. The molecule has 1 fully saturated rings. The molecular weight excluding hydrogens is 340 g/mol. The molecule has 148 valence electrons. The monoisotopic (exact) mass is 372 g/mol. The highest BCUT2D eigenvalue weighted by Crippen LogP contribution is 2.57. The summed E-state index contributed by atoms with van der Waals surface area (Å²) in [7, 11) is 0. The fourth-order valence-electron chi connectivity index (χ4n) is 5.60. The Kier molecular flexibility index (Phi) is 5.38. The van der Waals surface area contributed by atoms with Crippen molar-refractivity contribution < 1.29 is 19.4 Å². The number of carbonyl (C=O) groups is 2. The lowest BCUT2D eigenvalue weighted by molar-refractivity contribution is -0.156. The van der Waals surface area contributed by atoms with E-state index in [2.05, 4.69) is 45.9 Å². The summed E-state index contributed by atoms with van der Waals surface area (Å²) in [4.78, 5) is 22.5. The summed E-state index contributed by atoms with van der Waals surface area (Å²) < 4.78 is 5.41. The van der Waals surface area contributed by atoms with Gasteiger partial charge in [-0.3, -0.25) is 9.59 Å². The van der Waals surface area contributed by atoms with Crippen molar-refractivity contribution in [3.8, 4) is 0 Å². The van der Waals surface area contributed by atoms with Crippen molar-refractivity contribution in [2.24, 2.45) is 11.3 Å². The quantitative estimate of drug-likeness (QED) is 0.593. The average molecular weight is 373 g/mol. The second kappa shape index (κ2) is 7.29. The maximum atomic E-state index is 11.8. The van der Waals surface area contributed by atoms with E-state index in [4.69, 9.17) is 9.84 Å². The van der Waals surface area contributed by atoms with Crippen molar-refractivity contribution in [3.63, 3.8) is 0 Å². The topological polar surface area (TPSA) is 63.6 Å². The molecule has 2 aliphatic rings. The lowest BCUT2D eigenvalue weighted by atomic mass is 9.50. The molecule has 4 nitrogen and oxygen atoms in total. The Bertz CT molecular complexity index is 738. The number of hydrogen-bond acceptors (Lipinski definition) is 3. The minimum absolute atomic E-state index is 0.0926. The molecular formula is C23H32O4. The van der Waals surface area contributed by atoms with E-state index in [9.17, 15) is 9.59 Å². The Morgan fingerprint density at radius 3 is 2.67 bits per heavy atom. The molecule has 0 saturated heterocycles. The Labute approximate surface area is 162 Å². The number of hydrogen-bond donors (Lipinski definition) is 1. The van der Waals surface area contributed by atoms with Crippen LogP contribution in [0.5, 0.6) is 0 Å². The number of aryl methyl sites for hydroxylation is 1. The van der Waals surface area contributed by atoms with Crippen LogP contribution >= 0.6 is 0 Å². The molecule has 3 rings (SSSR count). The van der Waals surface area contributed by atoms with Crippen molar-refractivity contribution in [2.45, 2.75) is 77.6 Å². The molecule has 1 saturated carbocycles. The first-order valence-corrected chi connectivity index (χ1v) is 10.2. The molecule has 1 aromatic carbocycles. The molecule has 27 heavy (non-hydrogen) atoms. The molecule has 2 aliphatic carbocycles. The fraction of sp³-hybridized carbons (Fsp3) is 0.652. The van der Waals surface area contributed by atoms with E-state index in [0.717, 1.165) is 32.1 Å². The largest absolute Gasteiger partial charge is 0.481 e. The first-order valence-electron chi connectivity index (χ1n) is 10.2. The third kappa shape index (κ3) is 3.76. The zero-order valence-electron chi connectivity index (χ0n) is 17.0. The molecule has 3 unspecified atom stereocenters. The summed E-state index contributed by atoms with van der Waals surface area (Å²) in [5.41, 5.74) is 4.33. The highest BCUT2D eigenvalue weighted by atomic mass is 16.5. The Balaban J connectivity index is 1.84. The van der Waals surface area contributed by atoms with Crippen LogP contribution in [0.1, 0.15) is 82.4 Å². The van der Waals surface area contributed by atoms with Gasteiger partial charge in [-0.1, -0.05) is 52.3 Å². The Morgan fingerprint density at radius 2 is 2.00 bits per heavy atom. The number of benzene rings is 1.